The number of piperidine rings is 1. The Bertz CT molecular complexity index is 510. The van der Waals surface area contributed by atoms with Gasteiger partial charge in [0.15, 0.2) is 11.0 Å². The molecule has 21 heavy (non-hydrogen) atoms. The van der Waals surface area contributed by atoms with E-state index < -0.39 is 0 Å². The summed E-state index contributed by atoms with van der Waals surface area (Å²) in [5.74, 6) is 3.15. The summed E-state index contributed by atoms with van der Waals surface area (Å²) < 4.78 is 0. The van der Waals surface area contributed by atoms with Crippen molar-refractivity contribution in [1.29, 1.82) is 0 Å². The average Bonchev–Trinajstić information content (AvgIpc) is 2.55. The largest absolute Gasteiger partial charge is 0.353 e. The first-order chi connectivity index (χ1) is 10.3. The second-order valence-corrected chi connectivity index (χ2v) is 6.98. The average molecular weight is 327 g/mol. The summed E-state index contributed by atoms with van der Waals surface area (Å²) in [6.07, 6.45) is 5.18. The molecule has 7 heteroatoms. The van der Waals surface area contributed by atoms with E-state index in [1.54, 1.807) is 12.4 Å². The zero-order valence-electron chi connectivity index (χ0n) is 11.9. The molecular formula is C14H19ClN4OS. The Morgan fingerprint density at radius 1 is 1.24 bits per heavy atom. The topological polar surface area (TPSA) is 49.3 Å². The van der Waals surface area contributed by atoms with E-state index in [1.807, 2.05) is 16.7 Å². The summed E-state index contributed by atoms with van der Waals surface area (Å²) in [6, 6.07) is 0. The number of hydrogen-bond donors (Lipinski definition) is 0. The molecule has 0 aliphatic carbocycles. The predicted molar refractivity (Wildman–Crippen MR) is 85.9 cm³/mol. The van der Waals surface area contributed by atoms with Crippen LogP contribution in [0.25, 0.3) is 0 Å². The fourth-order valence-electron chi connectivity index (χ4n) is 2.94. The van der Waals surface area contributed by atoms with Gasteiger partial charge in [-0.2, -0.15) is 11.8 Å². The third-order valence-corrected chi connectivity index (χ3v) is 5.24. The lowest BCUT2D eigenvalue weighted by Gasteiger charge is -2.36. The van der Waals surface area contributed by atoms with E-state index in [0.717, 1.165) is 44.0 Å². The highest BCUT2D eigenvalue weighted by Crippen LogP contribution is 2.27. The van der Waals surface area contributed by atoms with Crippen LogP contribution in [-0.4, -0.2) is 58.5 Å². The molecule has 3 heterocycles. The summed E-state index contributed by atoms with van der Waals surface area (Å²) in [5.41, 5.74) is 0. The molecule has 5 nitrogen and oxygen atoms in total. The smallest absolute Gasteiger partial charge is 0.227 e. The van der Waals surface area contributed by atoms with Crippen LogP contribution in [0.2, 0.25) is 5.15 Å². The minimum atomic E-state index is 0.0555. The maximum Gasteiger partial charge on any atom is 0.227 e. The molecule has 0 spiro atoms. The Morgan fingerprint density at radius 3 is 2.76 bits per heavy atom. The van der Waals surface area contributed by atoms with Crippen molar-refractivity contribution < 1.29 is 4.79 Å². The molecule has 2 aliphatic rings. The van der Waals surface area contributed by atoms with Crippen molar-refractivity contribution in [3.63, 3.8) is 0 Å². The number of aromatic nitrogens is 2. The molecule has 114 valence electrons. The van der Waals surface area contributed by atoms with E-state index in [1.165, 1.54) is 0 Å². The number of carbonyl (C=O) groups excluding carboxylic acids is 1. The van der Waals surface area contributed by atoms with Crippen LogP contribution in [0.5, 0.6) is 0 Å². The minimum Gasteiger partial charge on any atom is -0.353 e. The van der Waals surface area contributed by atoms with Gasteiger partial charge in [-0.3, -0.25) is 4.79 Å². The second-order valence-electron chi connectivity index (χ2n) is 5.39. The van der Waals surface area contributed by atoms with Gasteiger partial charge in [-0.25, -0.2) is 9.97 Å². The Kier molecular flexibility index (Phi) is 4.85. The number of halogens is 1. The van der Waals surface area contributed by atoms with Crippen molar-refractivity contribution in [1.82, 2.24) is 14.9 Å². The van der Waals surface area contributed by atoms with Crippen LogP contribution in [0.1, 0.15) is 12.8 Å². The fourth-order valence-corrected chi connectivity index (χ4v) is 4.07. The van der Waals surface area contributed by atoms with Gasteiger partial charge in [0.05, 0.1) is 5.92 Å². The van der Waals surface area contributed by atoms with Gasteiger partial charge in [-0.15, -0.1) is 0 Å². The summed E-state index contributed by atoms with van der Waals surface area (Å²) in [5, 5.41) is 0.417. The number of nitrogens with zero attached hydrogens (tertiary/aromatic N) is 4. The number of thioether (sulfide) groups is 1. The van der Waals surface area contributed by atoms with Crippen LogP contribution in [0, 0.1) is 5.92 Å². The van der Waals surface area contributed by atoms with Gasteiger partial charge in [-0.05, 0) is 12.8 Å². The molecule has 0 N–H and O–H groups in total. The van der Waals surface area contributed by atoms with Gasteiger partial charge in [0.1, 0.15) is 0 Å². The van der Waals surface area contributed by atoms with Crippen LogP contribution in [-0.2, 0) is 4.79 Å². The summed E-state index contributed by atoms with van der Waals surface area (Å²) in [6.45, 7) is 3.34. The number of carbonyl (C=O) groups is 1. The van der Waals surface area contributed by atoms with Gasteiger partial charge in [0, 0.05) is 50.1 Å². The molecule has 2 aliphatic heterocycles. The maximum absolute atomic E-state index is 12.6. The fraction of sp³-hybridized carbons (Fsp3) is 0.643. The van der Waals surface area contributed by atoms with Crippen molar-refractivity contribution in [2.24, 2.45) is 5.92 Å². The van der Waals surface area contributed by atoms with Crippen LogP contribution >= 0.6 is 23.4 Å². The van der Waals surface area contributed by atoms with Crippen molar-refractivity contribution in [2.75, 3.05) is 42.6 Å². The Labute approximate surface area is 134 Å². The van der Waals surface area contributed by atoms with Crippen molar-refractivity contribution in [3.8, 4) is 0 Å². The molecule has 1 atom stereocenters. The predicted octanol–water partition coefficient (Wildman–Crippen LogP) is 1.92. The second kappa shape index (κ2) is 6.83. The van der Waals surface area contributed by atoms with Crippen molar-refractivity contribution in [2.45, 2.75) is 12.8 Å². The quantitative estimate of drug-likeness (QED) is 0.831. The van der Waals surface area contributed by atoms with Crippen LogP contribution < -0.4 is 4.90 Å². The molecule has 1 unspecified atom stereocenters. The van der Waals surface area contributed by atoms with E-state index in [-0.39, 0.29) is 5.92 Å². The van der Waals surface area contributed by atoms with Gasteiger partial charge >= 0.3 is 0 Å². The zero-order chi connectivity index (χ0) is 14.7. The van der Waals surface area contributed by atoms with E-state index in [9.17, 15) is 4.79 Å². The number of rotatable bonds is 2. The molecule has 1 aromatic rings. The lowest BCUT2D eigenvalue weighted by atomic mass is 9.96. The highest BCUT2D eigenvalue weighted by molar-refractivity contribution is 7.99. The van der Waals surface area contributed by atoms with Crippen LogP contribution in [0.4, 0.5) is 5.82 Å². The maximum atomic E-state index is 12.6. The third kappa shape index (κ3) is 3.43. The van der Waals surface area contributed by atoms with E-state index in [2.05, 4.69) is 14.9 Å². The Balaban J connectivity index is 1.68. The number of amides is 1. The van der Waals surface area contributed by atoms with Crippen molar-refractivity contribution in [3.05, 3.63) is 17.5 Å². The molecular weight excluding hydrogens is 308 g/mol. The molecule has 0 aromatic carbocycles. The van der Waals surface area contributed by atoms with Crippen molar-refractivity contribution >= 4 is 35.1 Å². The molecule has 0 bridgehead atoms. The molecule has 1 aromatic heterocycles. The molecule has 0 saturated carbocycles. The molecule has 2 saturated heterocycles. The monoisotopic (exact) mass is 326 g/mol. The van der Waals surface area contributed by atoms with Gasteiger partial charge in [0.2, 0.25) is 5.91 Å². The zero-order valence-corrected chi connectivity index (χ0v) is 13.4. The normalized spacial score (nSPS) is 23.2. The molecule has 3 rings (SSSR count). The first-order valence-electron chi connectivity index (χ1n) is 7.33. The highest BCUT2D eigenvalue weighted by atomic mass is 35.5. The van der Waals surface area contributed by atoms with Gasteiger partial charge in [-0.1, -0.05) is 11.6 Å². The van der Waals surface area contributed by atoms with Gasteiger partial charge < -0.3 is 9.80 Å². The summed E-state index contributed by atoms with van der Waals surface area (Å²) in [7, 11) is 0. The first kappa shape index (κ1) is 14.9. The summed E-state index contributed by atoms with van der Waals surface area (Å²) >= 11 is 8.04. The van der Waals surface area contributed by atoms with Crippen LogP contribution in [0.3, 0.4) is 0 Å². The molecule has 0 radical (unpaired) electrons. The van der Waals surface area contributed by atoms with Gasteiger partial charge in [0.25, 0.3) is 0 Å². The highest BCUT2D eigenvalue weighted by Gasteiger charge is 2.31. The lowest BCUT2D eigenvalue weighted by molar-refractivity contribution is -0.135. The van der Waals surface area contributed by atoms with E-state index >= 15 is 0 Å². The molecule has 1 amide bonds. The first-order valence-corrected chi connectivity index (χ1v) is 8.87. The van der Waals surface area contributed by atoms with E-state index in [4.69, 9.17) is 11.6 Å². The summed E-state index contributed by atoms with van der Waals surface area (Å²) in [4.78, 5) is 25.1. The third-order valence-electron chi connectivity index (χ3n) is 4.03. The number of hydrogen-bond acceptors (Lipinski definition) is 5. The molecule has 2 fully saturated rings. The van der Waals surface area contributed by atoms with Crippen LogP contribution in [0.15, 0.2) is 12.4 Å². The van der Waals surface area contributed by atoms with E-state index in [0.29, 0.717) is 23.4 Å². The lowest BCUT2D eigenvalue weighted by Crippen LogP contribution is -2.47. The Hall–Kier alpha value is -1.01. The Morgan fingerprint density at radius 2 is 2.00 bits per heavy atom. The standard InChI is InChI=1S/C14H19ClN4OS/c15-12-13(17-4-3-16-12)19-5-1-2-11(10-19)14(20)18-6-8-21-9-7-18/h3-4,11H,1-2,5-10H2. The SMILES string of the molecule is O=C(C1CCCN(c2nccnc2Cl)C1)N1CCSCC1. The minimum absolute atomic E-state index is 0.0555. The number of anilines is 1.